The first-order valence-corrected chi connectivity index (χ1v) is 12.4. The lowest BCUT2D eigenvalue weighted by molar-refractivity contribution is -0.128. The fraction of sp³-hybridized carbons (Fsp3) is 0.333. The van der Waals surface area contributed by atoms with Crippen LogP contribution in [-0.4, -0.2) is 79.7 Å². The second-order valence-electron chi connectivity index (χ2n) is 8.02. The van der Waals surface area contributed by atoms with E-state index in [1.807, 2.05) is 0 Å². The van der Waals surface area contributed by atoms with Crippen LogP contribution in [0.15, 0.2) is 36.5 Å². The topological polar surface area (TPSA) is 141 Å². The van der Waals surface area contributed by atoms with Crippen LogP contribution in [-0.2, 0) is 14.8 Å². The summed E-state index contributed by atoms with van der Waals surface area (Å²) in [4.78, 5) is 31.0. The number of anilines is 4. The van der Waals surface area contributed by atoms with Gasteiger partial charge >= 0.3 is 0 Å². The number of imidazole rings is 1. The van der Waals surface area contributed by atoms with Crippen molar-refractivity contribution in [3.05, 3.63) is 42.2 Å². The number of fused-ring (bicyclic) bond motifs is 1. The highest BCUT2D eigenvalue weighted by molar-refractivity contribution is 7.92. The third-order valence-corrected chi connectivity index (χ3v) is 6.90. The van der Waals surface area contributed by atoms with Gasteiger partial charge in [-0.3, -0.25) is 13.9 Å². The Hall–Kier alpha value is -3.87. The third-order valence-electron chi connectivity index (χ3n) is 5.71. The number of benzene rings is 1. The van der Waals surface area contributed by atoms with E-state index in [2.05, 4.69) is 26.0 Å². The molecule has 4 rings (SSSR count). The first-order chi connectivity index (χ1) is 16.1. The van der Waals surface area contributed by atoms with Crippen molar-refractivity contribution in [2.75, 3.05) is 48.9 Å². The van der Waals surface area contributed by atoms with E-state index in [0.29, 0.717) is 41.5 Å². The van der Waals surface area contributed by atoms with Gasteiger partial charge in [-0.15, -0.1) is 5.10 Å². The van der Waals surface area contributed by atoms with Crippen LogP contribution in [0.5, 0.6) is 0 Å². The number of hydrogen-bond acceptors (Lipinski definition) is 8. The molecular weight excluding hydrogens is 460 g/mol. The molecule has 2 aromatic heterocycles. The van der Waals surface area contributed by atoms with Crippen LogP contribution in [0.1, 0.15) is 16.9 Å². The minimum absolute atomic E-state index is 0.139. The number of rotatable bonds is 7. The van der Waals surface area contributed by atoms with Gasteiger partial charge < -0.3 is 20.9 Å². The standard InChI is InChI=1S/C21H26N8O4S/c1-22-15-11-18(24-13-7-5-6-8-16(13)28(3)34(4,32)33)26-29-17(12-23-19(15)29)20(30)25-14-9-10-27(2)21(14)31/h5-8,11-12,14,22H,9-10H2,1-4H3,(H,24,26)(H,25,30)/t14-/m1/s1. The Bertz CT molecular complexity index is 1370. The molecule has 1 aliphatic heterocycles. The smallest absolute Gasteiger partial charge is 0.272 e. The van der Waals surface area contributed by atoms with Crippen molar-refractivity contribution < 1.29 is 18.0 Å². The van der Waals surface area contributed by atoms with Crippen LogP contribution in [0.4, 0.5) is 22.9 Å². The monoisotopic (exact) mass is 486 g/mol. The molecule has 2 amide bonds. The molecule has 13 heteroatoms. The summed E-state index contributed by atoms with van der Waals surface area (Å²) in [5.41, 5.74) is 2.14. The van der Waals surface area contributed by atoms with Crippen LogP contribution in [0.3, 0.4) is 0 Å². The van der Waals surface area contributed by atoms with Gasteiger partial charge in [0.1, 0.15) is 6.04 Å². The van der Waals surface area contributed by atoms with Crippen LogP contribution < -0.4 is 20.3 Å². The van der Waals surface area contributed by atoms with Crippen molar-refractivity contribution in [3.63, 3.8) is 0 Å². The normalized spacial score (nSPS) is 16.1. The predicted molar refractivity (Wildman–Crippen MR) is 129 cm³/mol. The number of nitrogens with zero attached hydrogens (tertiary/aromatic N) is 5. The average molecular weight is 487 g/mol. The number of carbonyl (C=O) groups excluding carboxylic acids is 2. The largest absolute Gasteiger partial charge is 0.385 e. The first kappa shape index (κ1) is 23.3. The van der Waals surface area contributed by atoms with Gasteiger partial charge in [0.05, 0.1) is 29.5 Å². The number of aromatic nitrogens is 3. The quantitative estimate of drug-likeness (QED) is 0.447. The van der Waals surface area contributed by atoms with E-state index in [-0.39, 0.29) is 11.6 Å². The second kappa shape index (κ2) is 8.82. The lowest BCUT2D eigenvalue weighted by Gasteiger charge is -2.21. The van der Waals surface area contributed by atoms with Crippen molar-refractivity contribution in [1.82, 2.24) is 24.8 Å². The van der Waals surface area contributed by atoms with Crippen molar-refractivity contribution >= 4 is 50.4 Å². The molecule has 3 aromatic rings. The van der Waals surface area contributed by atoms with E-state index in [4.69, 9.17) is 0 Å². The van der Waals surface area contributed by atoms with Gasteiger partial charge in [-0.25, -0.2) is 17.9 Å². The van der Waals surface area contributed by atoms with Gasteiger partial charge in [0, 0.05) is 33.8 Å². The zero-order chi connectivity index (χ0) is 24.6. The molecule has 0 radical (unpaired) electrons. The lowest BCUT2D eigenvalue weighted by atomic mass is 10.2. The number of hydrogen-bond donors (Lipinski definition) is 3. The number of para-hydroxylation sites is 2. The Morgan fingerprint density at radius 1 is 1.24 bits per heavy atom. The zero-order valence-electron chi connectivity index (χ0n) is 19.2. The molecule has 12 nitrogen and oxygen atoms in total. The zero-order valence-corrected chi connectivity index (χ0v) is 20.0. The highest BCUT2D eigenvalue weighted by Gasteiger charge is 2.31. The Morgan fingerprint density at radius 3 is 2.62 bits per heavy atom. The molecule has 1 atom stereocenters. The Morgan fingerprint density at radius 2 is 1.97 bits per heavy atom. The maximum Gasteiger partial charge on any atom is 0.272 e. The van der Waals surface area contributed by atoms with E-state index in [1.54, 1.807) is 49.3 Å². The molecule has 3 N–H and O–H groups in total. The van der Waals surface area contributed by atoms with E-state index < -0.39 is 22.0 Å². The third kappa shape index (κ3) is 4.33. The molecule has 1 aliphatic rings. The van der Waals surface area contributed by atoms with Gasteiger partial charge in [0.25, 0.3) is 5.91 Å². The molecule has 34 heavy (non-hydrogen) atoms. The lowest BCUT2D eigenvalue weighted by Crippen LogP contribution is -2.41. The van der Waals surface area contributed by atoms with Crippen molar-refractivity contribution in [2.45, 2.75) is 12.5 Å². The maximum absolute atomic E-state index is 13.0. The van der Waals surface area contributed by atoms with Crippen LogP contribution in [0, 0.1) is 0 Å². The minimum Gasteiger partial charge on any atom is -0.385 e. The summed E-state index contributed by atoms with van der Waals surface area (Å²) in [5.74, 6) is -0.250. The molecule has 0 bridgehead atoms. The van der Waals surface area contributed by atoms with Crippen molar-refractivity contribution in [1.29, 1.82) is 0 Å². The number of carbonyl (C=O) groups is 2. The summed E-state index contributed by atoms with van der Waals surface area (Å²) in [6, 6.07) is 8.02. The molecule has 180 valence electrons. The number of amides is 2. The van der Waals surface area contributed by atoms with E-state index in [1.165, 1.54) is 22.1 Å². The highest BCUT2D eigenvalue weighted by Crippen LogP contribution is 2.30. The fourth-order valence-electron chi connectivity index (χ4n) is 3.73. The van der Waals surface area contributed by atoms with Crippen molar-refractivity contribution in [3.8, 4) is 0 Å². The SMILES string of the molecule is CNc1cc(Nc2ccccc2N(C)S(C)(=O)=O)nn2c(C(=O)N[C@@H]3CCN(C)C3=O)cnc12. The summed E-state index contributed by atoms with van der Waals surface area (Å²) in [7, 11) is 1.39. The average Bonchev–Trinajstić information content (AvgIpc) is 3.36. The van der Waals surface area contributed by atoms with Crippen LogP contribution in [0.25, 0.3) is 5.65 Å². The summed E-state index contributed by atoms with van der Waals surface area (Å²) < 4.78 is 26.7. The molecule has 1 fully saturated rings. The molecule has 0 unspecified atom stereocenters. The Kier molecular flexibility index (Phi) is 6.04. The molecule has 0 saturated carbocycles. The van der Waals surface area contributed by atoms with Gasteiger partial charge in [-0.2, -0.15) is 0 Å². The van der Waals surface area contributed by atoms with E-state index in [9.17, 15) is 18.0 Å². The van der Waals surface area contributed by atoms with Crippen LogP contribution >= 0.6 is 0 Å². The molecule has 3 heterocycles. The van der Waals surface area contributed by atoms with Crippen LogP contribution in [0.2, 0.25) is 0 Å². The number of sulfonamides is 1. The molecule has 1 aromatic carbocycles. The summed E-state index contributed by atoms with van der Waals surface area (Å²) in [5, 5.41) is 13.4. The first-order valence-electron chi connectivity index (χ1n) is 10.5. The van der Waals surface area contributed by atoms with Gasteiger partial charge in [0.2, 0.25) is 15.9 Å². The fourth-order valence-corrected chi connectivity index (χ4v) is 4.24. The second-order valence-corrected chi connectivity index (χ2v) is 10.0. The van der Waals surface area contributed by atoms with Gasteiger partial charge in [-0.05, 0) is 18.6 Å². The Balaban J connectivity index is 1.70. The van der Waals surface area contributed by atoms with Gasteiger partial charge in [-0.1, -0.05) is 12.1 Å². The van der Waals surface area contributed by atoms with E-state index in [0.717, 1.165) is 6.26 Å². The molecular formula is C21H26N8O4S. The summed E-state index contributed by atoms with van der Waals surface area (Å²) >= 11 is 0. The number of likely N-dealkylation sites (N-methyl/N-ethyl adjacent to an activating group) is 1. The van der Waals surface area contributed by atoms with E-state index >= 15 is 0 Å². The molecule has 0 spiro atoms. The molecule has 1 saturated heterocycles. The van der Waals surface area contributed by atoms with Gasteiger partial charge in [0.15, 0.2) is 17.2 Å². The minimum atomic E-state index is -3.49. The summed E-state index contributed by atoms with van der Waals surface area (Å²) in [6.07, 6.45) is 3.05. The molecule has 0 aliphatic carbocycles. The number of likely N-dealkylation sites (tertiary alicyclic amines) is 1. The Labute approximate surface area is 197 Å². The maximum atomic E-state index is 13.0. The van der Waals surface area contributed by atoms with Crippen molar-refractivity contribution in [2.24, 2.45) is 0 Å². The predicted octanol–water partition coefficient (Wildman–Crippen LogP) is 0.871. The number of nitrogens with one attached hydrogen (secondary N) is 3. The summed E-state index contributed by atoms with van der Waals surface area (Å²) in [6.45, 7) is 0.578. The highest BCUT2D eigenvalue weighted by atomic mass is 32.2.